The molecule has 0 aliphatic rings. The van der Waals surface area contributed by atoms with Gasteiger partial charge in [-0.15, -0.1) is 0 Å². The number of hydrogen-bond acceptors (Lipinski definition) is 4. The first-order chi connectivity index (χ1) is 9.97. The number of esters is 1. The van der Waals surface area contributed by atoms with Gasteiger partial charge >= 0.3 is 5.97 Å². The third-order valence-electron chi connectivity index (χ3n) is 3.05. The lowest BCUT2D eigenvalue weighted by Crippen LogP contribution is -2.08. The number of carbonyl (C=O) groups excluding carboxylic acids is 1. The molecule has 0 N–H and O–H groups in total. The van der Waals surface area contributed by atoms with Crippen LogP contribution in [-0.4, -0.2) is 10.9 Å². The standard InChI is InChI=1S/C16H15NO4/c1-11(2)12-6-8-15(9-7-12)21-16(18)13-4-3-5-14(10-13)17(19)20/h3-11H,1-2H3. The average molecular weight is 285 g/mol. The van der Waals surface area contributed by atoms with E-state index in [0.717, 1.165) is 5.56 Å². The zero-order chi connectivity index (χ0) is 15.4. The van der Waals surface area contributed by atoms with Gasteiger partial charge in [0.25, 0.3) is 5.69 Å². The Kier molecular flexibility index (Phi) is 4.33. The van der Waals surface area contributed by atoms with Gasteiger partial charge in [-0.1, -0.05) is 32.0 Å². The molecule has 5 nitrogen and oxygen atoms in total. The van der Waals surface area contributed by atoms with Crippen LogP contribution < -0.4 is 4.74 Å². The zero-order valence-corrected chi connectivity index (χ0v) is 11.8. The van der Waals surface area contributed by atoms with Gasteiger partial charge in [-0.2, -0.15) is 0 Å². The summed E-state index contributed by atoms with van der Waals surface area (Å²) >= 11 is 0. The highest BCUT2D eigenvalue weighted by atomic mass is 16.6. The summed E-state index contributed by atoms with van der Waals surface area (Å²) in [6.07, 6.45) is 0. The third kappa shape index (κ3) is 3.66. The molecule has 0 saturated carbocycles. The monoisotopic (exact) mass is 285 g/mol. The Morgan fingerprint density at radius 2 is 1.81 bits per heavy atom. The SMILES string of the molecule is CC(C)c1ccc(OC(=O)c2cccc([N+](=O)[O-])c2)cc1. The van der Waals surface area contributed by atoms with Gasteiger partial charge in [0.1, 0.15) is 5.75 Å². The lowest BCUT2D eigenvalue weighted by atomic mass is 10.0. The van der Waals surface area contributed by atoms with Crippen molar-refractivity contribution >= 4 is 11.7 Å². The van der Waals surface area contributed by atoms with Crippen LogP contribution in [0.1, 0.15) is 35.7 Å². The third-order valence-corrected chi connectivity index (χ3v) is 3.05. The molecular formula is C16H15NO4. The number of nitrogens with zero attached hydrogens (tertiary/aromatic N) is 1. The van der Waals surface area contributed by atoms with Crippen molar-refractivity contribution in [1.82, 2.24) is 0 Å². The largest absolute Gasteiger partial charge is 0.423 e. The molecule has 0 spiro atoms. The van der Waals surface area contributed by atoms with Gasteiger partial charge in [0, 0.05) is 12.1 Å². The summed E-state index contributed by atoms with van der Waals surface area (Å²) in [6.45, 7) is 4.15. The fourth-order valence-electron chi connectivity index (χ4n) is 1.83. The van der Waals surface area contributed by atoms with Crippen molar-refractivity contribution in [1.29, 1.82) is 0 Å². The number of rotatable bonds is 4. The number of non-ortho nitro benzene ring substituents is 1. The molecule has 2 aromatic rings. The minimum Gasteiger partial charge on any atom is -0.423 e. The summed E-state index contributed by atoms with van der Waals surface area (Å²) < 4.78 is 5.21. The summed E-state index contributed by atoms with van der Waals surface area (Å²) in [5, 5.41) is 10.7. The van der Waals surface area contributed by atoms with Crippen molar-refractivity contribution in [3.05, 3.63) is 69.8 Å². The van der Waals surface area contributed by atoms with Crippen molar-refractivity contribution in [3.8, 4) is 5.75 Å². The van der Waals surface area contributed by atoms with E-state index in [-0.39, 0.29) is 11.3 Å². The molecule has 0 aromatic heterocycles. The van der Waals surface area contributed by atoms with Crippen molar-refractivity contribution in [2.24, 2.45) is 0 Å². The van der Waals surface area contributed by atoms with E-state index in [1.54, 1.807) is 12.1 Å². The van der Waals surface area contributed by atoms with Gasteiger partial charge in [-0.25, -0.2) is 4.79 Å². The summed E-state index contributed by atoms with van der Waals surface area (Å²) in [7, 11) is 0. The van der Waals surface area contributed by atoms with E-state index in [9.17, 15) is 14.9 Å². The highest BCUT2D eigenvalue weighted by Crippen LogP contribution is 2.20. The second kappa shape index (κ2) is 6.17. The van der Waals surface area contributed by atoms with Crippen LogP contribution in [-0.2, 0) is 0 Å². The van der Waals surface area contributed by atoms with E-state index in [1.165, 1.54) is 24.3 Å². The number of hydrogen-bond donors (Lipinski definition) is 0. The van der Waals surface area contributed by atoms with Crippen molar-refractivity contribution in [3.63, 3.8) is 0 Å². The molecule has 2 aromatic carbocycles. The van der Waals surface area contributed by atoms with Gasteiger partial charge < -0.3 is 4.74 Å². The Morgan fingerprint density at radius 1 is 1.14 bits per heavy atom. The number of nitro groups is 1. The molecule has 0 bridgehead atoms. The molecule has 5 heteroatoms. The van der Waals surface area contributed by atoms with Gasteiger partial charge in [0.15, 0.2) is 0 Å². The first-order valence-electron chi connectivity index (χ1n) is 6.54. The second-order valence-corrected chi connectivity index (χ2v) is 4.92. The first kappa shape index (κ1) is 14.7. The van der Waals surface area contributed by atoms with Gasteiger partial charge in [-0.3, -0.25) is 10.1 Å². The van der Waals surface area contributed by atoms with Crippen molar-refractivity contribution < 1.29 is 14.5 Å². The van der Waals surface area contributed by atoms with Crippen molar-refractivity contribution in [2.75, 3.05) is 0 Å². The first-order valence-corrected chi connectivity index (χ1v) is 6.54. The lowest BCUT2D eigenvalue weighted by molar-refractivity contribution is -0.384. The predicted octanol–water partition coefficient (Wildman–Crippen LogP) is 3.94. The van der Waals surface area contributed by atoms with Crippen LogP contribution in [0.2, 0.25) is 0 Å². The van der Waals surface area contributed by atoms with Crippen LogP contribution in [0, 0.1) is 10.1 Å². The maximum absolute atomic E-state index is 12.0. The lowest BCUT2D eigenvalue weighted by Gasteiger charge is -2.07. The molecule has 21 heavy (non-hydrogen) atoms. The Hall–Kier alpha value is -2.69. The van der Waals surface area contributed by atoms with E-state index in [4.69, 9.17) is 4.74 Å². The molecule has 0 radical (unpaired) electrons. The van der Waals surface area contributed by atoms with Gasteiger partial charge in [0.05, 0.1) is 10.5 Å². The zero-order valence-electron chi connectivity index (χ0n) is 11.8. The van der Waals surface area contributed by atoms with E-state index < -0.39 is 10.9 Å². The Bertz CT molecular complexity index is 662. The second-order valence-electron chi connectivity index (χ2n) is 4.92. The molecule has 0 heterocycles. The summed E-state index contributed by atoms with van der Waals surface area (Å²) in [4.78, 5) is 22.1. The van der Waals surface area contributed by atoms with Crippen LogP contribution >= 0.6 is 0 Å². The van der Waals surface area contributed by atoms with Gasteiger partial charge in [-0.05, 0) is 29.7 Å². The van der Waals surface area contributed by atoms with Gasteiger partial charge in [0.2, 0.25) is 0 Å². The highest BCUT2D eigenvalue weighted by Gasteiger charge is 2.13. The molecule has 108 valence electrons. The number of ether oxygens (including phenoxy) is 1. The minimum absolute atomic E-state index is 0.139. The maximum atomic E-state index is 12.0. The van der Waals surface area contributed by atoms with E-state index in [2.05, 4.69) is 13.8 Å². The summed E-state index contributed by atoms with van der Waals surface area (Å²) in [5.74, 6) is 0.193. The molecule has 0 saturated heterocycles. The fourth-order valence-corrected chi connectivity index (χ4v) is 1.83. The molecule has 0 aliphatic carbocycles. The van der Waals surface area contributed by atoms with Crippen LogP contribution in [0.25, 0.3) is 0 Å². The number of carbonyl (C=O) groups is 1. The van der Waals surface area contributed by atoms with Crippen LogP contribution in [0.4, 0.5) is 5.69 Å². The van der Waals surface area contributed by atoms with Crippen LogP contribution in [0.5, 0.6) is 5.75 Å². The topological polar surface area (TPSA) is 69.4 Å². The molecule has 0 aliphatic heterocycles. The Balaban J connectivity index is 2.14. The molecule has 0 fully saturated rings. The Labute approximate surface area is 122 Å². The average Bonchev–Trinajstić information content (AvgIpc) is 2.48. The fraction of sp³-hybridized carbons (Fsp3) is 0.188. The molecular weight excluding hydrogens is 270 g/mol. The molecule has 2 rings (SSSR count). The van der Waals surface area contributed by atoms with Crippen LogP contribution in [0.3, 0.4) is 0 Å². The van der Waals surface area contributed by atoms with E-state index in [1.807, 2.05) is 12.1 Å². The molecule has 0 unspecified atom stereocenters. The highest BCUT2D eigenvalue weighted by molar-refractivity contribution is 5.91. The number of nitro benzene ring substituents is 1. The van der Waals surface area contributed by atoms with Crippen LogP contribution in [0.15, 0.2) is 48.5 Å². The Morgan fingerprint density at radius 3 is 2.38 bits per heavy atom. The summed E-state index contributed by atoms with van der Waals surface area (Å²) in [6, 6.07) is 12.7. The summed E-state index contributed by atoms with van der Waals surface area (Å²) in [5.41, 5.74) is 1.15. The van der Waals surface area contributed by atoms with E-state index >= 15 is 0 Å². The predicted molar refractivity (Wildman–Crippen MR) is 78.6 cm³/mol. The molecule has 0 atom stereocenters. The quantitative estimate of drug-likeness (QED) is 0.369. The van der Waals surface area contributed by atoms with Crippen molar-refractivity contribution in [2.45, 2.75) is 19.8 Å². The smallest absolute Gasteiger partial charge is 0.343 e. The maximum Gasteiger partial charge on any atom is 0.343 e. The molecule has 0 amide bonds. The minimum atomic E-state index is -0.615. The number of benzene rings is 2. The van der Waals surface area contributed by atoms with E-state index in [0.29, 0.717) is 11.7 Å². The normalized spacial score (nSPS) is 10.4.